The molecule has 0 amide bonds. The molecule has 0 saturated carbocycles. The fourth-order valence-electron chi connectivity index (χ4n) is 1.77. The molecule has 0 unspecified atom stereocenters. The minimum Gasteiger partial charge on any atom is -0.469 e. The topological polar surface area (TPSA) is 49.0 Å². The summed E-state index contributed by atoms with van der Waals surface area (Å²) in [6.07, 6.45) is -2.43. The van der Waals surface area contributed by atoms with Gasteiger partial charge in [-0.05, 0) is 30.3 Å². The molecule has 0 bridgehead atoms. The molecule has 104 valence electrons. The first-order valence-corrected chi connectivity index (χ1v) is 5.88. The molecule has 0 atom stereocenters. The Hall–Kier alpha value is -2.42. The maximum atomic E-state index is 12.8. The predicted octanol–water partition coefficient (Wildman–Crippen LogP) is 3.82. The summed E-state index contributed by atoms with van der Waals surface area (Å²) >= 11 is 0. The molecule has 0 spiro atoms. The second kappa shape index (κ2) is 5.70. The van der Waals surface area contributed by atoms with Gasteiger partial charge < -0.3 is 9.73 Å². The van der Waals surface area contributed by atoms with E-state index in [4.69, 9.17) is 9.68 Å². The molecule has 3 nitrogen and oxygen atoms in total. The van der Waals surface area contributed by atoms with Crippen LogP contribution in [0, 0.1) is 11.3 Å². The molecule has 2 aromatic rings. The van der Waals surface area contributed by atoms with Gasteiger partial charge in [-0.2, -0.15) is 18.4 Å². The highest BCUT2D eigenvalue weighted by Gasteiger charge is 2.33. The van der Waals surface area contributed by atoms with Crippen LogP contribution in [0.5, 0.6) is 0 Å². The Bertz CT molecular complexity index is 612. The molecule has 0 aliphatic heterocycles. The van der Waals surface area contributed by atoms with Crippen LogP contribution in [0.2, 0.25) is 0 Å². The van der Waals surface area contributed by atoms with E-state index in [1.807, 2.05) is 0 Å². The molecule has 1 aromatic carbocycles. The predicted molar refractivity (Wildman–Crippen MR) is 67.1 cm³/mol. The van der Waals surface area contributed by atoms with Gasteiger partial charge in [-0.3, -0.25) is 0 Å². The third-order valence-corrected chi connectivity index (χ3v) is 2.73. The number of anilines is 1. The lowest BCUT2D eigenvalue weighted by Crippen LogP contribution is -2.10. The van der Waals surface area contributed by atoms with Crippen molar-refractivity contribution in [3.8, 4) is 6.07 Å². The van der Waals surface area contributed by atoms with Gasteiger partial charge in [0.25, 0.3) is 0 Å². The Balaban J connectivity index is 2.07. The van der Waals surface area contributed by atoms with E-state index in [1.54, 1.807) is 24.5 Å². The van der Waals surface area contributed by atoms with Crippen molar-refractivity contribution in [2.24, 2.45) is 0 Å². The molecule has 2 rings (SSSR count). The number of benzene rings is 1. The Morgan fingerprint density at radius 2 is 2.05 bits per heavy atom. The normalized spacial score (nSPS) is 11.1. The largest absolute Gasteiger partial charge is 0.469 e. The lowest BCUT2D eigenvalue weighted by molar-refractivity contribution is -0.137. The number of alkyl halides is 3. The van der Waals surface area contributed by atoms with Gasteiger partial charge in [0.1, 0.15) is 5.76 Å². The van der Waals surface area contributed by atoms with Crippen LogP contribution in [0.1, 0.15) is 16.9 Å². The summed E-state index contributed by atoms with van der Waals surface area (Å²) < 4.78 is 43.4. The van der Waals surface area contributed by atoms with Crippen molar-refractivity contribution in [3.05, 3.63) is 53.5 Å². The van der Waals surface area contributed by atoms with Crippen molar-refractivity contribution >= 4 is 5.69 Å². The van der Waals surface area contributed by atoms with E-state index in [2.05, 4.69) is 5.32 Å². The van der Waals surface area contributed by atoms with Crippen LogP contribution in [-0.2, 0) is 12.6 Å². The number of nitrogens with zero attached hydrogens (tertiary/aromatic N) is 1. The molecule has 0 aliphatic carbocycles. The van der Waals surface area contributed by atoms with Crippen LogP contribution >= 0.6 is 0 Å². The standard InChI is InChI=1S/C14H11F3N2O/c15-14(16,17)13-8-11(4-3-10(13)9-18)19-6-5-12-2-1-7-20-12/h1-4,7-8,19H,5-6H2. The molecule has 1 N–H and O–H groups in total. The third-order valence-electron chi connectivity index (χ3n) is 2.73. The minimum absolute atomic E-state index is 0.322. The molecule has 0 saturated heterocycles. The number of rotatable bonds is 4. The van der Waals surface area contributed by atoms with E-state index in [1.165, 1.54) is 6.07 Å². The lowest BCUT2D eigenvalue weighted by Gasteiger charge is -2.12. The summed E-state index contributed by atoms with van der Waals surface area (Å²) in [4.78, 5) is 0. The first-order chi connectivity index (χ1) is 9.50. The van der Waals surface area contributed by atoms with E-state index < -0.39 is 11.7 Å². The van der Waals surface area contributed by atoms with Crippen LogP contribution in [0.4, 0.5) is 18.9 Å². The number of hydrogen-bond acceptors (Lipinski definition) is 3. The highest BCUT2D eigenvalue weighted by Crippen LogP contribution is 2.33. The van der Waals surface area contributed by atoms with Gasteiger partial charge in [0.05, 0.1) is 23.5 Å². The molecule has 0 aliphatic rings. The van der Waals surface area contributed by atoms with Gasteiger partial charge in [-0.1, -0.05) is 0 Å². The number of nitriles is 1. The Kier molecular flexibility index (Phi) is 3.99. The van der Waals surface area contributed by atoms with Crippen molar-refractivity contribution < 1.29 is 17.6 Å². The van der Waals surface area contributed by atoms with E-state index in [9.17, 15) is 13.2 Å². The fraction of sp³-hybridized carbons (Fsp3) is 0.214. The van der Waals surface area contributed by atoms with Crippen molar-refractivity contribution in [1.82, 2.24) is 0 Å². The third kappa shape index (κ3) is 3.32. The first kappa shape index (κ1) is 14.0. The quantitative estimate of drug-likeness (QED) is 0.926. The van der Waals surface area contributed by atoms with Gasteiger partial charge in [0.2, 0.25) is 0 Å². The van der Waals surface area contributed by atoms with Crippen molar-refractivity contribution in [3.63, 3.8) is 0 Å². The molecule has 20 heavy (non-hydrogen) atoms. The van der Waals surface area contributed by atoms with E-state index in [0.29, 0.717) is 18.7 Å². The van der Waals surface area contributed by atoms with Crippen LogP contribution in [-0.4, -0.2) is 6.54 Å². The smallest absolute Gasteiger partial charge is 0.417 e. The van der Waals surface area contributed by atoms with Gasteiger partial charge in [0, 0.05) is 18.7 Å². The number of hydrogen-bond donors (Lipinski definition) is 1. The van der Waals surface area contributed by atoms with Gasteiger partial charge >= 0.3 is 6.18 Å². The summed E-state index contributed by atoms with van der Waals surface area (Å²) in [6, 6.07) is 8.65. The van der Waals surface area contributed by atoms with Crippen LogP contribution < -0.4 is 5.32 Å². The maximum Gasteiger partial charge on any atom is 0.417 e. The van der Waals surface area contributed by atoms with Crippen molar-refractivity contribution in [1.29, 1.82) is 5.26 Å². The van der Waals surface area contributed by atoms with Crippen LogP contribution in [0.15, 0.2) is 41.0 Å². The summed E-state index contributed by atoms with van der Waals surface area (Å²) in [7, 11) is 0. The average molecular weight is 280 g/mol. The highest BCUT2D eigenvalue weighted by atomic mass is 19.4. The van der Waals surface area contributed by atoms with E-state index >= 15 is 0 Å². The first-order valence-electron chi connectivity index (χ1n) is 5.88. The Morgan fingerprint density at radius 3 is 2.65 bits per heavy atom. The number of halogens is 3. The SMILES string of the molecule is N#Cc1ccc(NCCc2ccco2)cc1C(F)(F)F. The summed E-state index contributed by atoms with van der Waals surface area (Å²) in [5.74, 6) is 0.752. The Morgan fingerprint density at radius 1 is 1.25 bits per heavy atom. The summed E-state index contributed by atoms with van der Waals surface area (Å²) in [5.41, 5.74) is -0.986. The second-order valence-electron chi connectivity index (χ2n) is 4.13. The molecule has 0 radical (unpaired) electrons. The molecule has 1 aromatic heterocycles. The lowest BCUT2D eigenvalue weighted by atomic mass is 10.1. The second-order valence-corrected chi connectivity index (χ2v) is 4.13. The highest BCUT2D eigenvalue weighted by molar-refractivity contribution is 5.53. The zero-order chi connectivity index (χ0) is 14.6. The number of furan rings is 1. The van der Waals surface area contributed by atoms with Crippen LogP contribution in [0.3, 0.4) is 0 Å². The maximum absolute atomic E-state index is 12.8. The zero-order valence-electron chi connectivity index (χ0n) is 10.4. The van der Waals surface area contributed by atoms with Crippen LogP contribution in [0.25, 0.3) is 0 Å². The Labute approximate surface area is 113 Å². The zero-order valence-corrected chi connectivity index (χ0v) is 10.4. The van der Waals surface area contributed by atoms with Gasteiger partial charge in [-0.25, -0.2) is 0 Å². The molecule has 6 heteroatoms. The fourth-order valence-corrected chi connectivity index (χ4v) is 1.77. The molecular formula is C14H11F3N2O. The van der Waals surface area contributed by atoms with Crippen molar-refractivity contribution in [2.75, 3.05) is 11.9 Å². The van der Waals surface area contributed by atoms with Gasteiger partial charge in [0.15, 0.2) is 0 Å². The molecular weight excluding hydrogens is 269 g/mol. The average Bonchev–Trinajstić information content (AvgIpc) is 2.91. The van der Waals surface area contributed by atoms with Gasteiger partial charge in [-0.15, -0.1) is 0 Å². The van der Waals surface area contributed by atoms with Crippen molar-refractivity contribution in [2.45, 2.75) is 12.6 Å². The monoisotopic (exact) mass is 280 g/mol. The van der Waals surface area contributed by atoms with E-state index in [-0.39, 0.29) is 5.56 Å². The number of nitrogens with one attached hydrogen (secondary N) is 1. The minimum atomic E-state index is -4.54. The summed E-state index contributed by atoms with van der Waals surface area (Å²) in [6.45, 7) is 0.441. The van der Waals surface area contributed by atoms with E-state index in [0.717, 1.165) is 17.9 Å². The molecule has 0 fully saturated rings. The summed E-state index contributed by atoms with van der Waals surface area (Å²) in [5, 5.41) is 11.6. The molecule has 1 heterocycles.